The van der Waals surface area contributed by atoms with Crippen LogP contribution >= 0.6 is 0 Å². The van der Waals surface area contributed by atoms with E-state index in [1.165, 1.54) is 0 Å². The third-order valence-electron chi connectivity index (χ3n) is 3.18. The summed E-state index contributed by atoms with van der Waals surface area (Å²) in [6.45, 7) is 1.25. The molecule has 0 unspecified atom stereocenters. The van der Waals surface area contributed by atoms with Crippen LogP contribution in [0.5, 0.6) is 0 Å². The zero-order valence-electron chi connectivity index (χ0n) is 11.4. The van der Waals surface area contributed by atoms with Crippen LogP contribution in [0.2, 0.25) is 0 Å². The molecule has 1 heterocycles. The largest absolute Gasteiger partial charge is 0.384 e. The number of nitrogens with two attached hydrogens (primary N) is 1. The molecule has 0 spiro atoms. The highest BCUT2D eigenvalue weighted by Crippen LogP contribution is 2.18. The maximum atomic E-state index is 11.6. The van der Waals surface area contributed by atoms with E-state index in [4.69, 9.17) is 11.1 Å². The highest BCUT2D eigenvalue weighted by molar-refractivity contribution is 6.00. The number of nitrogen functional groups attached to an aromatic ring is 1. The van der Waals surface area contributed by atoms with E-state index in [0.29, 0.717) is 18.7 Å². The van der Waals surface area contributed by atoms with Gasteiger partial charge in [-0.25, -0.2) is 0 Å². The summed E-state index contributed by atoms with van der Waals surface area (Å²) in [6, 6.07) is 12.6. The first-order valence-electron chi connectivity index (χ1n) is 6.39. The number of rotatable bonds is 5. The van der Waals surface area contributed by atoms with Gasteiger partial charge in [0.2, 0.25) is 0 Å². The van der Waals surface area contributed by atoms with Gasteiger partial charge in [-0.3, -0.25) is 10.2 Å². The van der Waals surface area contributed by atoms with Gasteiger partial charge in [0.25, 0.3) is 5.56 Å². The molecule has 2 rings (SSSR count). The Labute approximate surface area is 117 Å². The van der Waals surface area contributed by atoms with Crippen molar-refractivity contribution in [3.8, 4) is 0 Å². The Morgan fingerprint density at radius 2 is 1.95 bits per heavy atom. The smallest absolute Gasteiger partial charge is 0.250 e. The van der Waals surface area contributed by atoms with Crippen molar-refractivity contribution in [2.45, 2.75) is 6.54 Å². The monoisotopic (exact) mass is 270 g/mol. The van der Waals surface area contributed by atoms with Crippen LogP contribution in [0.1, 0.15) is 5.56 Å². The molecule has 1 aromatic carbocycles. The van der Waals surface area contributed by atoms with Crippen molar-refractivity contribution in [1.82, 2.24) is 4.57 Å². The van der Waals surface area contributed by atoms with Gasteiger partial charge < -0.3 is 15.2 Å². The van der Waals surface area contributed by atoms with Crippen molar-refractivity contribution in [3.63, 3.8) is 0 Å². The second-order valence-corrected chi connectivity index (χ2v) is 4.58. The summed E-state index contributed by atoms with van der Waals surface area (Å²) in [5.74, 6) is 0.0457. The fourth-order valence-corrected chi connectivity index (χ4v) is 2.06. The van der Waals surface area contributed by atoms with Crippen molar-refractivity contribution < 1.29 is 0 Å². The maximum absolute atomic E-state index is 11.6. The van der Waals surface area contributed by atoms with E-state index in [1.54, 1.807) is 22.9 Å². The number of pyridine rings is 1. The second-order valence-electron chi connectivity index (χ2n) is 4.58. The Hall–Kier alpha value is -2.56. The highest BCUT2D eigenvalue weighted by atomic mass is 16.1. The van der Waals surface area contributed by atoms with Gasteiger partial charge in [-0.2, -0.15) is 0 Å². The molecule has 0 saturated heterocycles. The molecule has 0 fully saturated rings. The molecule has 2 aromatic rings. The summed E-state index contributed by atoms with van der Waals surface area (Å²) in [5.41, 5.74) is 7.17. The molecule has 0 aliphatic heterocycles. The lowest BCUT2D eigenvalue weighted by Gasteiger charge is -2.22. The molecule has 0 amide bonds. The number of anilines is 1. The quantitative estimate of drug-likeness (QED) is 0.634. The number of hydrogen-bond donors (Lipinski definition) is 2. The topological polar surface area (TPSA) is 75.1 Å². The van der Waals surface area contributed by atoms with Crippen molar-refractivity contribution in [2.24, 2.45) is 5.73 Å². The number of hydrogen-bond acceptors (Lipinski definition) is 3. The fourth-order valence-electron chi connectivity index (χ4n) is 2.06. The minimum Gasteiger partial charge on any atom is -0.384 e. The lowest BCUT2D eigenvalue weighted by atomic mass is 10.1. The van der Waals surface area contributed by atoms with Crippen LogP contribution in [0.3, 0.4) is 0 Å². The number of likely N-dealkylation sites (N-methyl/N-ethyl adjacent to an activating group) is 1. The first-order chi connectivity index (χ1) is 9.59. The van der Waals surface area contributed by atoms with E-state index in [-0.39, 0.29) is 11.4 Å². The maximum Gasteiger partial charge on any atom is 0.250 e. The summed E-state index contributed by atoms with van der Waals surface area (Å²) in [6.07, 6.45) is 1.77. The number of para-hydroxylation sites is 1. The molecule has 0 atom stereocenters. The van der Waals surface area contributed by atoms with Gasteiger partial charge in [0.15, 0.2) is 0 Å². The van der Waals surface area contributed by atoms with E-state index < -0.39 is 0 Å². The van der Waals surface area contributed by atoms with E-state index >= 15 is 0 Å². The normalized spacial score (nSPS) is 10.2. The Morgan fingerprint density at radius 1 is 1.25 bits per heavy atom. The lowest BCUT2D eigenvalue weighted by molar-refractivity contribution is 0.661. The zero-order chi connectivity index (χ0) is 14.5. The molecule has 0 aliphatic rings. The predicted octanol–water partition coefficient (Wildman–Crippen LogP) is 1.27. The van der Waals surface area contributed by atoms with Crippen LogP contribution in [0.4, 0.5) is 5.69 Å². The van der Waals surface area contributed by atoms with Gasteiger partial charge in [0.05, 0.1) is 0 Å². The molecule has 3 N–H and O–H groups in total. The fraction of sp³-hybridized carbons (Fsp3) is 0.200. The highest BCUT2D eigenvalue weighted by Gasteiger charge is 2.08. The predicted molar refractivity (Wildman–Crippen MR) is 81.4 cm³/mol. The Kier molecular flexibility index (Phi) is 4.20. The molecule has 5 heteroatoms. The van der Waals surface area contributed by atoms with Crippen LogP contribution in [0, 0.1) is 5.41 Å². The molecular formula is C15H18N4O. The number of benzene rings is 1. The SMILES string of the molecule is CN(CCn1ccccc1=O)c1ccccc1C(=N)N. The Bertz CT molecular complexity index is 663. The first kappa shape index (κ1) is 13.9. The average Bonchev–Trinajstić information content (AvgIpc) is 2.46. The van der Waals surface area contributed by atoms with Crippen molar-refractivity contribution >= 4 is 11.5 Å². The van der Waals surface area contributed by atoms with E-state index in [2.05, 4.69) is 0 Å². The summed E-state index contributed by atoms with van der Waals surface area (Å²) in [4.78, 5) is 13.6. The molecule has 104 valence electrons. The summed E-state index contributed by atoms with van der Waals surface area (Å²) < 4.78 is 1.66. The van der Waals surface area contributed by atoms with Crippen molar-refractivity contribution in [2.75, 3.05) is 18.5 Å². The molecule has 5 nitrogen and oxygen atoms in total. The number of amidine groups is 1. The van der Waals surface area contributed by atoms with Crippen LogP contribution in [0.15, 0.2) is 53.5 Å². The van der Waals surface area contributed by atoms with Crippen LogP contribution in [-0.4, -0.2) is 24.0 Å². The molecular weight excluding hydrogens is 252 g/mol. The minimum atomic E-state index is -0.0132. The van der Waals surface area contributed by atoms with Gasteiger partial charge >= 0.3 is 0 Å². The van der Waals surface area contributed by atoms with Gasteiger partial charge in [0, 0.05) is 43.7 Å². The molecule has 0 bridgehead atoms. The van der Waals surface area contributed by atoms with Crippen LogP contribution < -0.4 is 16.2 Å². The summed E-state index contributed by atoms with van der Waals surface area (Å²) >= 11 is 0. The van der Waals surface area contributed by atoms with Gasteiger partial charge in [0.1, 0.15) is 5.84 Å². The van der Waals surface area contributed by atoms with E-state index in [1.807, 2.05) is 42.3 Å². The molecule has 0 radical (unpaired) electrons. The molecule has 0 saturated carbocycles. The third-order valence-corrected chi connectivity index (χ3v) is 3.18. The first-order valence-corrected chi connectivity index (χ1v) is 6.39. The van der Waals surface area contributed by atoms with Gasteiger partial charge in [-0.05, 0) is 18.2 Å². The number of nitrogens with zero attached hydrogens (tertiary/aromatic N) is 2. The number of aromatic nitrogens is 1. The summed E-state index contributed by atoms with van der Waals surface area (Å²) in [5, 5.41) is 7.60. The molecule has 1 aromatic heterocycles. The zero-order valence-corrected chi connectivity index (χ0v) is 11.4. The minimum absolute atomic E-state index is 0.0132. The number of nitrogens with one attached hydrogen (secondary N) is 1. The lowest BCUT2D eigenvalue weighted by Crippen LogP contribution is -2.29. The Balaban J connectivity index is 2.13. The van der Waals surface area contributed by atoms with Crippen molar-refractivity contribution in [1.29, 1.82) is 5.41 Å². The van der Waals surface area contributed by atoms with Gasteiger partial charge in [-0.1, -0.05) is 18.2 Å². The summed E-state index contributed by atoms with van der Waals surface area (Å²) in [7, 11) is 1.93. The third kappa shape index (κ3) is 3.06. The van der Waals surface area contributed by atoms with Gasteiger partial charge in [-0.15, -0.1) is 0 Å². The average molecular weight is 270 g/mol. The van der Waals surface area contributed by atoms with Crippen LogP contribution in [0.25, 0.3) is 0 Å². The van der Waals surface area contributed by atoms with E-state index in [0.717, 1.165) is 5.69 Å². The van der Waals surface area contributed by atoms with Crippen molar-refractivity contribution in [3.05, 3.63) is 64.6 Å². The second kappa shape index (κ2) is 6.06. The molecule has 20 heavy (non-hydrogen) atoms. The standard InChI is InChI=1S/C15H18N4O/c1-18(10-11-19-9-5-4-8-14(19)20)13-7-3-2-6-12(13)15(16)17/h2-9H,10-11H2,1H3,(H3,16,17). The molecule has 0 aliphatic carbocycles. The Morgan fingerprint density at radius 3 is 2.65 bits per heavy atom. The van der Waals surface area contributed by atoms with E-state index in [9.17, 15) is 4.79 Å². The van der Waals surface area contributed by atoms with Crippen LogP contribution in [-0.2, 0) is 6.54 Å².